The van der Waals surface area contributed by atoms with Gasteiger partial charge in [-0.1, -0.05) is 11.6 Å². The van der Waals surface area contributed by atoms with E-state index in [1.807, 2.05) is 0 Å². The normalized spacial score (nSPS) is 14.2. The topological polar surface area (TPSA) is 148 Å². The van der Waals surface area contributed by atoms with Crippen LogP contribution in [0.15, 0.2) is 28.8 Å². The lowest BCUT2D eigenvalue weighted by molar-refractivity contribution is 0.168. The average molecular weight is 539 g/mol. The van der Waals surface area contributed by atoms with Crippen molar-refractivity contribution in [3.8, 4) is 22.7 Å². The molecule has 36 heavy (non-hydrogen) atoms. The number of oxazole rings is 1. The van der Waals surface area contributed by atoms with E-state index >= 15 is 4.39 Å². The van der Waals surface area contributed by atoms with Crippen LogP contribution in [0, 0.1) is 5.82 Å². The number of hydrogen-bond donors (Lipinski definition) is 3. The molecule has 3 N–H and O–H groups in total. The Balaban J connectivity index is 1.70. The van der Waals surface area contributed by atoms with Crippen molar-refractivity contribution in [1.82, 2.24) is 20.3 Å². The summed E-state index contributed by atoms with van der Waals surface area (Å²) in [5, 5.41) is 5.74. The van der Waals surface area contributed by atoms with E-state index < -0.39 is 21.9 Å². The summed E-state index contributed by atoms with van der Waals surface area (Å²) in [6, 6.07) is 3.83. The van der Waals surface area contributed by atoms with Gasteiger partial charge in [0.1, 0.15) is 11.4 Å². The van der Waals surface area contributed by atoms with Gasteiger partial charge in [0.15, 0.2) is 17.5 Å². The van der Waals surface area contributed by atoms with Crippen LogP contribution in [0.1, 0.15) is 31.6 Å². The molecule has 0 radical (unpaired) electrons. The Kier molecular flexibility index (Phi) is 7.31. The quantitative estimate of drug-likeness (QED) is 0.367. The minimum atomic E-state index is -3.76. The van der Waals surface area contributed by atoms with E-state index in [1.165, 1.54) is 25.4 Å². The number of hydrogen-bond acceptors (Lipinski definition) is 9. The molecular formula is C22H24ClFN6O5S. The summed E-state index contributed by atoms with van der Waals surface area (Å²) < 4.78 is 51.6. The van der Waals surface area contributed by atoms with Gasteiger partial charge >= 0.3 is 6.09 Å². The molecule has 1 atom stereocenters. The zero-order chi connectivity index (χ0) is 26.0. The van der Waals surface area contributed by atoms with Gasteiger partial charge in [-0.2, -0.15) is 0 Å². The molecule has 0 aliphatic heterocycles. The number of benzene rings is 1. The fraction of sp³-hybridized carbons (Fsp3) is 0.364. The number of methoxy groups -OCH3 is 1. The van der Waals surface area contributed by atoms with Gasteiger partial charge in [-0.05, 0) is 38.0 Å². The second kappa shape index (κ2) is 10.3. The van der Waals surface area contributed by atoms with Crippen molar-refractivity contribution in [2.75, 3.05) is 29.9 Å². The lowest BCUT2D eigenvalue weighted by Gasteiger charge is -2.14. The monoisotopic (exact) mass is 538 g/mol. The van der Waals surface area contributed by atoms with Crippen LogP contribution in [0.3, 0.4) is 0 Å². The zero-order valence-electron chi connectivity index (χ0n) is 19.6. The number of nitrogens with zero attached hydrogens (tertiary/aromatic N) is 3. The molecule has 1 amide bonds. The van der Waals surface area contributed by atoms with Crippen molar-refractivity contribution in [2.24, 2.45) is 0 Å². The van der Waals surface area contributed by atoms with Crippen LogP contribution < -0.4 is 15.4 Å². The molecular weight excluding hydrogens is 515 g/mol. The fourth-order valence-corrected chi connectivity index (χ4v) is 4.13. The summed E-state index contributed by atoms with van der Waals surface area (Å²) in [6.07, 6.45) is 3.62. The fourth-order valence-electron chi connectivity index (χ4n) is 3.36. The van der Waals surface area contributed by atoms with Crippen LogP contribution in [0.2, 0.25) is 5.02 Å². The number of alkyl carbamates (subject to hydrolysis) is 1. The minimum absolute atomic E-state index is 0.0386. The summed E-state index contributed by atoms with van der Waals surface area (Å²) in [5.74, 6) is 0.123. The summed E-state index contributed by atoms with van der Waals surface area (Å²) in [7, 11) is -2.49. The van der Waals surface area contributed by atoms with Crippen LogP contribution in [0.4, 0.5) is 20.8 Å². The molecule has 2 heterocycles. The molecule has 14 heteroatoms. The molecule has 1 aliphatic rings. The van der Waals surface area contributed by atoms with Crippen molar-refractivity contribution < 1.29 is 26.8 Å². The Labute approximate surface area is 211 Å². The number of carbonyl (C=O) groups is 1. The van der Waals surface area contributed by atoms with Crippen molar-refractivity contribution in [2.45, 2.75) is 31.7 Å². The first-order valence-corrected chi connectivity index (χ1v) is 13.2. The molecule has 11 nitrogen and oxygen atoms in total. The third-order valence-electron chi connectivity index (χ3n) is 5.16. The van der Waals surface area contributed by atoms with E-state index in [9.17, 15) is 13.2 Å². The molecule has 1 saturated carbocycles. The number of aromatic nitrogens is 3. The maximum absolute atomic E-state index is 15.5. The first-order chi connectivity index (χ1) is 17.0. The van der Waals surface area contributed by atoms with Gasteiger partial charge in [-0.15, -0.1) is 0 Å². The predicted molar refractivity (Wildman–Crippen MR) is 132 cm³/mol. The Bertz CT molecular complexity index is 1400. The summed E-state index contributed by atoms with van der Waals surface area (Å²) >= 11 is 6.19. The Morgan fingerprint density at radius 2 is 2.08 bits per heavy atom. The highest BCUT2D eigenvalue weighted by Crippen LogP contribution is 2.44. The highest BCUT2D eigenvalue weighted by atomic mass is 35.5. The van der Waals surface area contributed by atoms with E-state index in [1.54, 1.807) is 13.0 Å². The largest absolute Gasteiger partial charge is 0.453 e. The molecule has 1 aromatic carbocycles. The lowest BCUT2D eigenvalue weighted by atomic mass is 10.1. The highest BCUT2D eigenvalue weighted by molar-refractivity contribution is 7.92. The van der Waals surface area contributed by atoms with E-state index in [-0.39, 0.29) is 45.6 Å². The van der Waals surface area contributed by atoms with Gasteiger partial charge in [-0.3, -0.25) is 4.72 Å². The molecule has 3 aromatic rings. The molecule has 0 saturated heterocycles. The van der Waals surface area contributed by atoms with Gasteiger partial charge in [0.2, 0.25) is 16.0 Å². The zero-order valence-corrected chi connectivity index (χ0v) is 21.2. The number of carbonyl (C=O) groups excluding carboxylic acids is 1. The lowest BCUT2D eigenvalue weighted by Crippen LogP contribution is -2.37. The van der Waals surface area contributed by atoms with Gasteiger partial charge in [0, 0.05) is 35.3 Å². The van der Waals surface area contributed by atoms with E-state index in [0.717, 1.165) is 19.1 Å². The Morgan fingerprint density at radius 1 is 1.33 bits per heavy atom. The molecule has 0 bridgehead atoms. The van der Waals surface area contributed by atoms with Gasteiger partial charge in [0.05, 0.1) is 19.1 Å². The molecule has 192 valence electrons. The van der Waals surface area contributed by atoms with Crippen LogP contribution in [0.5, 0.6) is 0 Å². The average Bonchev–Trinajstić information content (AvgIpc) is 3.57. The molecule has 4 rings (SSSR count). The second-order valence-corrected chi connectivity index (χ2v) is 10.6. The van der Waals surface area contributed by atoms with E-state index in [0.29, 0.717) is 18.1 Å². The second-order valence-electron chi connectivity index (χ2n) is 8.38. The van der Waals surface area contributed by atoms with Gasteiger partial charge < -0.3 is 19.8 Å². The third kappa shape index (κ3) is 6.21. The van der Waals surface area contributed by atoms with Crippen LogP contribution in [0.25, 0.3) is 22.7 Å². The van der Waals surface area contributed by atoms with Crippen molar-refractivity contribution >= 4 is 39.4 Å². The predicted octanol–water partition coefficient (Wildman–Crippen LogP) is 4.00. The summed E-state index contributed by atoms with van der Waals surface area (Å²) in [4.78, 5) is 24.5. The number of amides is 1. The van der Waals surface area contributed by atoms with E-state index in [2.05, 4.69) is 35.0 Å². The molecule has 1 aliphatic carbocycles. The molecule has 1 unspecified atom stereocenters. The first-order valence-electron chi connectivity index (χ1n) is 10.9. The number of halogens is 2. The molecule has 0 spiro atoms. The number of ether oxygens (including phenoxy) is 1. The number of rotatable bonds is 9. The Morgan fingerprint density at radius 3 is 2.75 bits per heavy atom. The number of anilines is 2. The van der Waals surface area contributed by atoms with Crippen molar-refractivity contribution in [3.05, 3.63) is 41.1 Å². The van der Waals surface area contributed by atoms with Crippen LogP contribution >= 0.6 is 11.6 Å². The first kappa shape index (κ1) is 25.6. The van der Waals surface area contributed by atoms with Gasteiger partial charge in [0.25, 0.3) is 0 Å². The minimum Gasteiger partial charge on any atom is -0.453 e. The van der Waals surface area contributed by atoms with Crippen LogP contribution in [-0.4, -0.2) is 55.4 Å². The number of nitrogens with one attached hydrogen (secondary N) is 3. The van der Waals surface area contributed by atoms with Gasteiger partial charge in [-0.25, -0.2) is 32.6 Å². The smallest absolute Gasteiger partial charge is 0.407 e. The Hall–Kier alpha value is -3.45. The summed E-state index contributed by atoms with van der Waals surface area (Å²) in [6.45, 7) is 2.08. The summed E-state index contributed by atoms with van der Waals surface area (Å²) in [5.41, 5.74) is 0.119. The maximum Gasteiger partial charge on any atom is 0.407 e. The van der Waals surface area contributed by atoms with Crippen molar-refractivity contribution in [1.29, 1.82) is 0 Å². The molecule has 1 fully saturated rings. The van der Waals surface area contributed by atoms with Crippen molar-refractivity contribution in [3.63, 3.8) is 0 Å². The molecule has 2 aromatic heterocycles. The third-order valence-corrected chi connectivity index (χ3v) is 5.97. The SMILES string of the molecule is COC(=O)NC(C)CNc1nccc(-c2oc(C3CC3)nc2-c2cc(Cl)cc(NS(C)(=O)=O)c2F)n1. The number of sulfonamides is 1. The highest BCUT2D eigenvalue weighted by Gasteiger charge is 2.32. The van der Waals surface area contributed by atoms with Crippen LogP contribution in [-0.2, 0) is 14.8 Å². The van der Waals surface area contributed by atoms with E-state index in [4.69, 9.17) is 16.0 Å². The maximum atomic E-state index is 15.5. The standard InChI is InChI=1S/C22H24ClFN6O5S/c1-11(27-22(31)34-2)10-26-21-25-7-6-15(28-21)19-18(29-20(35-19)12-4-5-12)14-8-13(23)9-16(17(14)24)30-36(3,32)33/h6-9,11-12,30H,4-5,10H2,1-3H3,(H,27,31)(H,25,26,28).